The highest BCUT2D eigenvalue weighted by Gasteiger charge is 2.08. The van der Waals surface area contributed by atoms with E-state index in [1.807, 2.05) is 12.1 Å². The van der Waals surface area contributed by atoms with Gasteiger partial charge in [0.2, 0.25) is 0 Å². The zero-order valence-electron chi connectivity index (χ0n) is 7.33. The highest BCUT2D eigenvalue weighted by molar-refractivity contribution is 5.19. The van der Waals surface area contributed by atoms with Gasteiger partial charge in [-0.3, -0.25) is 0 Å². The summed E-state index contributed by atoms with van der Waals surface area (Å²) in [5.41, 5.74) is 1.17. The second kappa shape index (κ2) is 3.71. The molecule has 0 aliphatic carbocycles. The lowest BCUT2D eigenvalue weighted by Crippen LogP contribution is -2.24. The van der Waals surface area contributed by atoms with E-state index in [9.17, 15) is 4.39 Å². The summed E-state index contributed by atoms with van der Waals surface area (Å²) in [4.78, 5) is 0. The molecule has 0 saturated carbocycles. The highest BCUT2D eigenvalue weighted by atomic mass is 19.1. The Hall–Kier alpha value is -1.15. The maximum atomic E-state index is 12.6. The summed E-state index contributed by atoms with van der Waals surface area (Å²) in [5, 5.41) is 3.31. The average molecular weight is 177 g/mol. The smallest absolute Gasteiger partial charge is 0.123 e. The minimum Gasteiger partial charge on any atom is -0.307 e. The molecule has 1 atom stereocenters. The number of halogens is 1. The van der Waals surface area contributed by atoms with Crippen molar-refractivity contribution < 1.29 is 4.39 Å². The fraction of sp³-hybridized carbons (Fsp3) is 0.273. The van der Waals surface area contributed by atoms with Gasteiger partial charge in [-0.1, -0.05) is 24.3 Å². The Bertz CT molecular complexity index is 302. The summed E-state index contributed by atoms with van der Waals surface area (Å²) in [6.45, 7) is 0.950. The summed E-state index contributed by atoms with van der Waals surface area (Å²) in [5.74, 6) is -0.168. The van der Waals surface area contributed by atoms with Crippen molar-refractivity contribution in [1.29, 1.82) is 0 Å². The van der Waals surface area contributed by atoms with E-state index in [-0.39, 0.29) is 5.82 Å². The van der Waals surface area contributed by atoms with Gasteiger partial charge >= 0.3 is 0 Å². The minimum absolute atomic E-state index is 0.168. The van der Waals surface area contributed by atoms with Crippen LogP contribution in [0.3, 0.4) is 0 Å². The molecule has 1 aliphatic heterocycles. The summed E-state index contributed by atoms with van der Waals surface area (Å²) in [6, 6.07) is 7.11. The topological polar surface area (TPSA) is 12.0 Å². The van der Waals surface area contributed by atoms with Gasteiger partial charge in [-0.15, -0.1) is 0 Å². The standard InChI is InChI=1S/C11H12FN/c12-10-5-3-9(4-6-10)8-11-2-1-7-13-11/h1-6,11,13H,7-8H2. The Morgan fingerprint density at radius 1 is 1.31 bits per heavy atom. The molecular weight excluding hydrogens is 165 g/mol. The molecule has 1 heterocycles. The lowest BCUT2D eigenvalue weighted by atomic mass is 10.1. The maximum absolute atomic E-state index is 12.6. The van der Waals surface area contributed by atoms with Crippen molar-refractivity contribution in [2.45, 2.75) is 12.5 Å². The van der Waals surface area contributed by atoms with Gasteiger partial charge in [0.05, 0.1) is 0 Å². The molecule has 1 nitrogen and oxygen atoms in total. The van der Waals surface area contributed by atoms with E-state index in [2.05, 4.69) is 17.5 Å². The van der Waals surface area contributed by atoms with Crippen LogP contribution in [0.25, 0.3) is 0 Å². The van der Waals surface area contributed by atoms with E-state index in [1.165, 1.54) is 17.7 Å². The van der Waals surface area contributed by atoms with Crippen molar-refractivity contribution in [1.82, 2.24) is 5.32 Å². The Morgan fingerprint density at radius 2 is 2.08 bits per heavy atom. The number of rotatable bonds is 2. The van der Waals surface area contributed by atoms with E-state index >= 15 is 0 Å². The van der Waals surface area contributed by atoms with Crippen LogP contribution in [0.1, 0.15) is 5.56 Å². The van der Waals surface area contributed by atoms with Crippen LogP contribution >= 0.6 is 0 Å². The number of hydrogen-bond acceptors (Lipinski definition) is 1. The van der Waals surface area contributed by atoms with Gasteiger partial charge in [-0.25, -0.2) is 4.39 Å². The fourth-order valence-corrected chi connectivity index (χ4v) is 1.53. The first kappa shape index (κ1) is 8.45. The van der Waals surface area contributed by atoms with Gasteiger partial charge in [0.15, 0.2) is 0 Å². The molecule has 1 aromatic rings. The van der Waals surface area contributed by atoms with Crippen molar-refractivity contribution in [2.24, 2.45) is 0 Å². The van der Waals surface area contributed by atoms with E-state index in [0.29, 0.717) is 6.04 Å². The second-order valence-corrected chi connectivity index (χ2v) is 3.27. The monoisotopic (exact) mass is 177 g/mol. The lowest BCUT2D eigenvalue weighted by Gasteiger charge is -2.08. The zero-order valence-corrected chi connectivity index (χ0v) is 7.33. The van der Waals surface area contributed by atoms with E-state index in [0.717, 1.165) is 13.0 Å². The normalized spacial score (nSPS) is 20.8. The second-order valence-electron chi connectivity index (χ2n) is 3.27. The van der Waals surface area contributed by atoms with Crippen molar-refractivity contribution in [3.8, 4) is 0 Å². The van der Waals surface area contributed by atoms with Gasteiger partial charge < -0.3 is 5.32 Å². The minimum atomic E-state index is -0.168. The first-order chi connectivity index (χ1) is 6.34. The predicted octanol–water partition coefficient (Wildman–Crippen LogP) is 1.90. The van der Waals surface area contributed by atoms with Crippen molar-refractivity contribution >= 4 is 0 Å². The molecule has 0 aromatic heterocycles. The SMILES string of the molecule is Fc1ccc(CC2C=CCN2)cc1. The fourth-order valence-electron chi connectivity index (χ4n) is 1.53. The third kappa shape index (κ3) is 2.16. The van der Waals surface area contributed by atoms with Crippen molar-refractivity contribution in [3.63, 3.8) is 0 Å². The van der Waals surface area contributed by atoms with Crippen LogP contribution in [0.5, 0.6) is 0 Å². The molecule has 0 amide bonds. The highest BCUT2D eigenvalue weighted by Crippen LogP contribution is 2.08. The average Bonchev–Trinajstić information content (AvgIpc) is 2.62. The predicted molar refractivity (Wildman–Crippen MR) is 51.0 cm³/mol. The summed E-state index contributed by atoms with van der Waals surface area (Å²) in [6.07, 6.45) is 5.22. The Kier molecular flexibility index (Phi) is 2.41. The van der Waals surface area contributed by atoms with Gasteiger partial charge in [-0.05, 0) is 24.1 Å². The number of hydrogen-bond donors (Lipinski definition) is 1. The summed E-state index contributed by atoms with van der Waals surface area (Å²) in [7, 11) is 0. The van der Waals surface area contributed by atoms with Gasteiger partial charge in [-0.2, -0.15) is 0 Å². The molecule has 0 bridgehead atoms. The van der Waals surface area contributed by atoms with Crippen LogP contribution in [-0.4, -0.2) is 12.6 Å². The maximum Gasteiger partial charge on any atom is 0.123 e. The summed E-state index contributed by atoms with van der Waals surface area (Å²) >= 11 is 0. The molecule has 1 N–H and O–H groups in total. The largest absolute Gasteiger partial charge is 0.307 e. The Labute approximate surface area is 77.3 Å². The molecule has 0 radical (unpaired) electrons. The third-order valence-corrected chi connectivity index (χ3v) is 2.24. The molecule has 13 heavy (non-hydrogen) atoms. The van der Waals surface area contributed by atoms with E-state index in [1.54, 1.807) is 0 Å². The van der Waals surface area contributed by atoms with Crippen LogP contribution < -0.4 is 5.32 Å². The molecule has 1 unspecified atom stereocenters. The van der Waals surface area contributed by atoms with Crippen LogP contribution in [0.15, 0.2) is 36.4 Å². The lowest BCUT2D eigenvalue weighted by molar-refractivity contribution is 0.624. The molecule has 0 saturated heterocycles. The third-order valence-electron chi connectivity index (χ3n) is 2.24. The van der Waals surface area contributed by atoms with Gasteiger partial charge in [0.1, 0.15) is 5.82 Å². The molecule has 2 heteroatoms. The van der Waals surface area contributed by atoms with Crippen LogP contribution in [-0.2, 0) is 6.42 Å². The first-order valence-electron chi connectivity index (χ1n) is 4.49. The van der Waals surface area contributed by atoms with E-state index < -0.39 is 0 Å². The summed E-state index contributed by atoms with van der Waals surface area (Å²) < 4.78 is 12.6. The molecule has 0 spiro atoms. The molecule has 1 aromatic carbocycles. The van der Waals surface area contributed by atoms with Crippen molar-refractivity contribution in [3.05, 3.63) is 47.8 Å². The quantitative estimate of drug-likeness (QED) is 0.680. The van der Waals surface area contributed by atoms with Crippen LogP contribution in [0.4, 0.5) is 4.39 Å². The van der Waals surface area contributed by atoms with Gasteiger partial charge in [0.25, 0.3) is 0 Å². The molecule has 1 aliphatic rings. The zero-order chi connectivity index (χ0) is 9.10. The first-order valence-corrected chi connectivity index (χ1v) is 4.49. The number of benzene rings is 1. The Balaban J connectivity index is 2.01. The van der Waals surface area contributed by atoms with E-state index in [4.69, 9.17) is 0 Å². The van der Waals surface area contributed by atoms with Crippen LogP contribution in [0, 0.1) is 5.82 Å². The molecular formula is C11H12FN. The molecule has 2 rings (SSSR count). The van der Waals surface area contributed by atoms with Crippen molar-refractivity contribution in [2.75, 3.05) is 6.54 Å². The molecule has 0 fully saturated rings. The van der Waals surface area contributed by atoms with Gasteiger partial charge in [0, 0.05) is 12.6 Å². The number of nitrogens with one attached hydrogen (secondary N) is 1. The Morgan fingerprint density at radius 3 is 2.69 bits per heavy atom. The van der Waals surface area contributed by atoms with Crippen LogP contribution in [0.2, 0.25) is 0 Å². The molecule has 68 valence electrons.